The zero-order valence-electron chi connectivity index (χ0n) is 5.69. The predicted octanol–water partition coefficient (Wildman–Crippen LogP) is 0.458. The van der Waals surface area contributed by atoms with Crippen molar-refractivity contribution in [2.24, 2.45) is 11.7 Å². The quantitative estimate of drug-likeness (QED) is 0.535. The van der Waals surface area contributed by atoms with Crippen molar-refractivity contribution in [2.75, 3.05) is 13.1 Å². The average molecular weight is 126 g/mol. The Morgan fingerprint density at radius 3 is 2.78 bits per heavy atom. The van der Waals surface area contributed by atoms with Crippen molar-refractivity contribution in [1.82, 2.24) is 5.32 Å². The molecule has 0 bridgehead atoms. The van der Waals surface area contributed by atoms with Gasteiger partial charge in [-0.2, -0.15) is 0 Å². The van der Waals surface area contributed by atoms with Crippen LogP contribution in [0.2, 0.25) is 0 Å². The summed E-state index contributed by atoms with van der Waals surface area (Å²) in [4.78, 5) is 0. The first-order valence-electron chi connectivity index (χ1n) is 3.45. The summed E-state index contributed by atoms with van der Waals surface area (Å²) in [5, 5.41) is 3.28. The van der Waals surface area contributed by atoms with E-state index in [0.717, 1.165) is 18.8 Å². The number of piperidine rings is 1. The van der Waals surface area contributed by atoms with Gasteiger partial charge in [0.25, 0.3) is 0 Å². The highest BCUT2D eigenvalue weighted by molar-refractivity contribution is 4.96. The van der Waals surface area contributed by atoms with E-state index in [9.17, 15) is 0 Å². The molecule has 1 fully saturated rings. The van der Waals surface area contributed by atoms with E-state index < -0.39 is 0 Å². The van der Waals surface area contributed by atoms with E-state index in [0.29, 0.717) is 5.92 Å². The Labute approximate surface area is 56.1 Å². The lowest BCUT2D eigenvalue weighted by Gasteiger charge is -2.22. The summed E-state index contributed by atoms with van der Waals surface area (Å²) in [5.41, 5.74) is 6.37. The average Bonchev–Trinajstić information content (AvgIpc) is 1.90. The topological polar surface area (TPSA) is 38.0 Å². The molecule has 1 aliphatic heterocycles. The maximum atomic E-state index is 5.53. The van der Waals surface area contributed by atoms with Crippen LogP contribution in [0.5, 0.6) is 0 Å². The third-order valence-electron chi connectivity index (χ3n) is 1.82. The van der Waals surface area contributed by atoms with E-state index >= 15 is 0 Å². The molecular weight excluding hydrogens is 112 g/mol. The molecule has 0 aromatic rings. The summed E-state index contributed by atoms with van der Waals surface area (Å²) < 4.78 is 0. The Morgan fingerprint density at radius 1 is 1.67 bits per heavy atom. The van der Waals surface area contributed by atoms with Crippen LogP contribution >= 0.6 is 0 Å². The molecular formula is C7H14N2. The second kappa shape index (κ2) is 2.87. The van der Waals surface area contributed by atoms with Crippen LogP contribution in [0.25, 0.3) is 0 Å². The maximum Gasteiger partial charge on any atom is 0.0104 e. The fraction of sp³-hybridized carbons (Fsp3) is 0.714. The molecule has 9 heavy (non-hydrogen) atoms. The van der Waals surface area contributed by atoms with Gasteiger partial charge in [-0.1, -0.05) is 6.58 Å². The summed E-state index contributed by atoms with van der Waals surface area (Å²) >= 11 is 0. The standard InChI is InChI=1S/C7H14N2/c1-6(8)7-3-2-4-9-5-7/h7,9H,1-5,8H2/t7-/m1/s1. The highest BCUT2D eigenvalue weighted by atomic mass is 14.9. The van der Waals surface area contributed by atoms with Gasteiger partial charge in [-0.25, -0.2) is 0 Å². The van der Waals surface area contributed by atoms with Gasteiger partial charge in [0.15, 0.2) is 0 Å². The maximum absolute atomic E-state index is 5.53. The summed E-state index contributed by atoms with van der Waals surface area (Å²) in [6.07, 6.45) is 2.45. The molecule has 2 heteroatoms. The number of hydrogen-bond acceptors (Lipinski definition) is 2. The van der Waals surface area contributed by atoms with E-state index in [1.165, 1.54) is 12.8 Å². The summed E-state index contributed by atoms with van der Waals surface area (Å²) in [6.45, 7) is 5.88. The molecule has 1 aliphatic rings. The Balaban J connectivity index is 2.31. The van der Waals surface area contributed by atoms with Crippen molar-refractivity contribution in [3.63, 3.8) is 0 Å². The molecule has 1 rings (SSSR count). The smallest absolute Gasteiger partial charge is 0.0104 e. The van der Waals surface area contributed by atoms with Crippen LogP contribution in [0.3, 0.4) is 0 Å². The highest BCUT2D eigenvalue weighted by Gasteiger charge is 2.12. The first kappa shape index (κ1) is 6.62. The third kappa shape index (κ3) is 1.72. The predicted molar refractivity (Wildman–Crippen MR) is 38.9 cm³/mol. The van der Waals surface area contributed by atoms with Gasteiger partial charge < -0.3 is 11.1 Å². The molecule has 0 aromatic carbocycles. The largest absolute Gasteiger partial charge is 0.402 e. The van der Waals surface area contributed by atoms with Crippen molar-refractivity contribution in [3.8, 4) is 0 Å². The molecule has 1 saturated heterocycles. The first-order valence-corrected chi connectivity index (χ1v) is 3.45. The lowest BCUT2D eigenvalue weighted by molar-refractivity contribution is 0.420. The number of rotatable bonds is 1. The minimum Gasteiger partial charge on any atom is -0.402 e. The molecule has 3 N–H and O–H groups in total. The molecule has 0 aromatic heterocycles. The molecule has 2 nitrogen and oxygen atoms in total. The molecule has 0 unspecified atom stereocenters. The summed E-state index contributed by atoms with van der Waals surface area (Å²) in [6, 6.07) is 0. The zero-order valence-corrected chi connectivity index (χ0v) is 5.69. The summed E-state index contributed by atoms with van der Waals surface area (Å²) in [5.74, 6) is 0.527. The lowest BCUT2D eigenvalue weighted by atomic mass is 9.97. The van der Waals surface area contributed by atoms with E-state index in [-0.39, 0.29) is 0 Å². The van der Waals surface area contributed by atoms with Gasteiger partial charge in [0.2, 0.25) is 0 Å². The Kier molecular flexibility index (Phi) is 2.11. The third-order valence-corrected chi connectivity index (χ3v) is 1.82. The van der Waals surface area contributed by atoms with Crippen LogP contribution in [0.4, 0.5) is 0 Å². The van der Waals surface area contributed by atoms with E-state index in [4.69, 9.17) is 5.73 Å². The van der Waals surface area contributed by atoms with Crippen LogP contribution in [0, 0.1) is 5.92 Å². The van der Waals surface area contributed by atoms with Crippen LogP contribution in [-0.4, -0.2) is 13.1 Å². The molecule has 0 spiro atoms. The second-order valence-electron chi connectivity index (χ2n) is 2.62. The molecule has 1 atom stereocenters. The van der Waals surface area contributed by atoms with E-state index in [2.05, 4.69) is 11.9 Å². The minimum absolute atomic E-state index is 0.527. The number of nitrogens with one attached hydrogen (secondary N) is 1. The van der Waals surface area contributed by atoms with Crippen molar-refractivity contribution in [1.29, 1.82) is 0 Å². The Bertz CT molecular complexity index is 103. The van der Waals surface area contributed by atoms with Crippen molar-refractivity contribution in [3.05, 3.63) is 12.3 Å². The van der Waals surface area contributed by atoms with Crippen molar-refractivity contribution in [2.45, 2.75) is 12.8 Å². The van der Waals surface area contributed by atoms with Crippen LogP contribution in [0.15, 0.2) is 12.3 Å². The fourth-order valence-corrected chi connectivity index (χ4v) is 1.17. The van der Waals surface area contributed by atoms with Gasteiger partial charge in [0.05, 0.1) is 0 Å². The van der Waals surface area contributed by atoms with Gasteiger partial charge in [0, 0.05) is 18.2 Å². The van der Waals surface area contributed by atoms with E-state index in [1.54, 1.807) is 0 Å². The van der Waals surface area contributed by atoms with Crippen molar-refractivity contribution < 1.29 is 0 Å². The van der Waals surface area contributed by atoms with Gasteiger partial charge in [0.1, 0.15) is 0 Å². The molecule has 52 valence electrons. The van der Waals surface area contributed by atoms with Gasteiger partial charge in [-0.15, -0.1) is 0 Å². The van der Waals surface area contributed by atoms with Crippen molar-refractivity contribution >= 4 is 0 Å². The molecule has 0 saturated carbocycles. The Morgan fingerprint density at radius 2 is 2.44 bits per heavy atom. The molecule has 0 radical (unpaired) electrons. The summed E-state index contributed by atoms with van der Waals surface area (Å²) in [7, 11) is 0. The van der Waals surface area contributed by atoms with Crippen LogP contribution in [-0.2, 0) is 0 Å². The van der Waals surface area contributed by atoms with Gasteiger partial charge >= 0.3 is 0 Å². The molecule has 0 amide bonds. The van der Waals surface area contributed by atoms with Crippen LogP contribution < -0.4 is 11.1 Å². The second-order valence-corrected chi connectivity index (χ2v) is 2.62. The Hall–Kier alpha value is -0.500. The zero-order chi connectivity index (χ0) is 6.69. The normalized spacial score (nSPS) is 27.8. The highest BCUT2D eigenvalue weighted by Crippen LogP contribution is 2.13. The fourth-order valence-electron chi connectivity index (χ4n) is 1.17. The van der Waals surface area contributed by atoms with Gasteiger partial charge in [-0.3, -0.25) is 0 Å². The first-order chi connectivity index (χ1) is 4.30. The van der Waals surface area contributed by atoms with Gasteiger partial charge in [-0.05, 0) is 19.4 Å². The molecule has 0 aliphatic carbocycles. The minimum atomic E-state index is 0.527. The monoisotopic (exact) mass is 126 g/mol. The SMILES string of the molecule is C=C(N)[C@@H]1CCCNC1. The molecule has 1 heterocycles. The number of nitrogens with two attached hydrogens (primary N) is 1. The van der Waals surface area contributed by atoms with Crippen LogP contribution in [0.1, 0.15) is 12.8 Å². The lowest BCUT2D eigenvalue weighted by Crippen LogP contribution is -2.32. The number of hydrogen-bond donors (Lipinski definition) is 2. The van der Waals surface area contributed by atoms with E-state index in [1.807, 2.05) is 0 Å².